The predicted octanol–water partition coefficient (Wildman–Crippen LogP) is 2.61. The number of fused-ring (bicyclic) bond motifs is 2. The van der Waals surface area contributed by atoms with Gasteiger partial charge in [0.1, 0.15) is 0 Å². The van der Waals surface area contributed by atoms with Crippen molar-refractivity contribution in [3.8, 4) is 0 Å². The van der Waals surface area contributed by atoms with Crippen LogP contribution in [0.1, 0.15) is 44.3 Å². The lowest BCUT2D eigenvalue weighted by atomic mass is 9.83. The molecule has 0 saturated heterocycles. The summed E-state index contributed by atoms with van der Waals surface area (Å²) in [7, 11) is 0. The summed E-state index contributed by atoms with van der Waals surface area (Å²) >= 11 is 0. The second kappa shape index (κ2) is 4.05. The molecule has 0 aliphatic heterocycles. The van der Waals surface area contributed by atoms with Gasteiger partial charge in [-0.15, -0.1) is 0 Å². The van der Waals surface area contributed by atoms with Crippen LogP contribution in [0.25, 0.3) is 0 Å². The van der Waals surface area contributed by atoms with Gasteiger partial charge in [0.05, 0.1) is 5.69 Å². The van der Waals surface area contributed by atoms with E-state index in [1.165, 1.54) is 6.92 Å². The Morgan fingerprint density at radius 3 is 2.58 bits per heavy atom. The SMILES string of the molecule is CC(=O)c1ccc2c(c1N)C(=O)c1ccccc1C2. The number of Topliss-reactive ketones (excluding diaryl/α,β-unsaturated/α-hetero) is 1. The number of carbonyl (C=O) groups is 2. The van der Waals surface area contributed by atoms with E-state index in [1.54, 1.807) is 12.1 Å². The fourth-order valence-electron chi connectivity index (χ4n) is 2.62. The number of hydrogen-bond donors (Lipinski definition) is 1. The molecule has 0 spiro atoms. The van der Waals surface area contributed by atoms with Crippen LogP contribution in [0.3, 0.4) is 0 Å². The minimum atomic E-state index is -0.119. The van der Waals surface area contributed by atoms with Crippen molar-refractivity contribution in [2.45, 2.75) is 13.3 Å². The molecular formula is C16H13NO2. The maximum atomic E-state index is 12.5. The Kier molecular flexibility index (Phi) is 2.49. The Morgan fingerprint density at radius 2 is 1.84 bits per heavy atom. The Balaban J connectivity index is 2.25. The molecule has 1 aliphatic rings. The Morgan fingerprint density at radius 1 is 1.11 bits per heavy atom. The van der Waals surface area contributed by atoms with Gasteiger partial charge in [-0.05, 0) is 30.5 Å². The number of nitrogen functional groups attached to an aromatic ring is 1. The van der Waals surface area contributed by atoms with Crippen LogP contribution in [0.15, 0.2) is 36.4 Å². The van der Waals surface area contributed by atoms with Gasteiger partial charge < -0.3 is 5.73 Å². The molecule has 0 aromatic heterocycles. The smallest absolute Gasteiger partial charge is 0.195 e. The van der Waals surface area contributed by atoms with Crippen LogP contribution in [0.2, 0.25) is 0 Å². The molecule has 3 rings (SSSR count). The molecule has 19 heavy (non-hydrogen) atoms. The Labute approximate surface area is 111 Å². The van der Waals surface area contributed by atoms with Crippen LogP contribution < -0.4 is 5.73 Å². The largest absolute Gasteiger partial charge is 0.398 e. The van der Waals surface area contributed by atoms with Crippen molar-refractivity contribution in [3.05, 3.63) is 64.2 Å². The number of carbonyl (C=O) groups excluding carboxylic acids is 2. The zero-order valence-corrected chi connectivity index (χ0v) is 10.6. The zero-order chi connectivity index (χ0) is 13.6. The molecule has 2 aromatic rings. The third kappa shape index (κ3) is 1.66. The van der Waals surface area contributed by atoms with Gasteiger partial charge in [0.25, 0.3) is 0 Å². The summed E-state index contributed by atoms with van der Waals surface area (Å²) in [6.07, 6.45) is 0.680. The minimum absolute atomic E-state index is 0.0857. The molecule has 1 aliphatic carbocycles. The van der Waals surface area contributed by atoms with Gasteiger partial charge >= 0.3 is 0 Å². The van der Waals surface area contributed by atoms with Gasteiger partial charge in [-0.3, -0.25) is 9.59 Å². The topological polar surface area (TPSA) is 60.2 Å². The monoisotopic (exact) mass is 251 g/mol. The average molecular weight is 251 g/mol. The first-order valence-corrected chi connectivity index (χ1v) is 6.14. The molecule has 2 N–H and O–H groups in total. The van der Waals surface area contributed by atoms with Crippen LogP contribution in [-0.2, 0) is 6.42 Å². The van der Waals surface area contributed by atoms with E-state index in [0.29, 0.717) is 28.8 Å². The van der Waals surface area contributed by atoms with Gasteiger partial charge in [0, 0.05) is 16.7 Å². The number of ketones is 2. The van der Waals surface area contributed by atoms with Crippen molar-refractivity contribution in [2.24, 2.45) is 0 Å². The quantitative estimate of drug-likeness (QED) is 0.534. The molecule has 0 radical (unpaired) electrons. The van der Waals surface area contributed by atoms with E-state index in [0.717, 1.165) is 11.1 Å². The van der Waals surface area contributed by atoms with E-state index in [2.05, 4.69) is 0 Å². The molecule has 0 amide bonds. The van der Waals surface area contributed by atoms with E-state index >= 15 is 0 Å². The third-order valence-electron chi connectivity index (χ3n) is 3.58. The highest BCUT2D eigenvalue weighted by atomic mass is 16.1. The highest BCUT2D eigenvalue weighted by molar-refractivity contribution is 6.17. The van der Waals surface area contributed by atoms with Gasteiger partial charge in [-0.1, -0.05) is 30.3 Å². The number of rotatable bonds is 1. The van der Waals surface area contributed by atoms with Crippen LogP contribution in [-0.4, -0.2) is 11.6 Å². The number of hydrogen-bond acceptors (Lipinski definition) is 3. The molecule has 2 aromatic carbocycles. The van der Waals surface area contributed by atoms with Crippen LogP contribution >= 0.6 is 0 Å². The summed E-state index contributed by atoms with van der Waals surface area (Å²) in [5.74, 6) is -0.204. The first kappa shape index (κ1) is 11.7. The second-order valence-electron chi connectivity index (χ2n) is 4.78. The number of benzene rings is 2. The van der Waals surface area contributed by atoms with Gasteiger partial charge in [-0.2, -0.15) is 0 Å². The third-order valence-corrected chi connectivity index (χ3v) is 3.58. The first-order chi connectivity index (χ1) is 9.09. The number of nitrogens with two attached hydrogens (primary N) is 1. The minimum Gasteiger partial charge on any atom is -0.398 e. The van der Waals surface area contributed by atoms with E-state index in [9.17, 15) is 9.59 Å². The van der Waals surface area contributed by atoms with Gasteiger partial charge in [-0.25, -0.2) is 0 Å². The van der Waals surface area contributed by atoms with Crippen LogP contribution in [0.4, 0.5) is 5.69 Å². The summed E-state index contributed by atoms with van der Waals surface area (Å²) < 4.78 is 0. The van der Waals surface area contributed by atoms with Crippen molar-refractivity contribution in [1.29, 1.82) is 0 Å². The molecule has 94 valence electrons. The highest BCUT2D eigenvalue weighted by Crippen LogP contribution is 2.32. The summed E-state index contributed by atoms with van der Waals surface area (Å²) in [4.78, 5) is 24.0. The van der Waals surface area contributed by atoms with Crippen molar-refractivity contribution < 1.29 is 9.59 Å². The maximum Gasteiger partial charge on any atom is 0.195 e. The zero-order valence-electron chi connectivity index (χ0n) is 10.6. The number of anilines is 1. The average Bonchev–Trinajstić information content (AvgIpc) is 2.38. The molecule has 0 fully saturated rings. The van der Waals surface area contributed by atoms with E-state index in [-0.39, 0.29) is 11.6 Å². The highest BCUT2D eigenvalue weighted by Gasteiger charge is 2.26. The fourth-order valence-corrected chi connectivity index (χ4v) is 2.62. The molecule has 3 heteroatoms. The van der Waals surface area contributed by atoms with Crippen LogP contribution in [0.5, 0.6) is 0 Å². The van der Waals surface area contributed by atoms with E-state index in [4.69, 9.17) is 5.73 Å². The molecule has 3 nitrogen and oxygen atoms in total. The molecule has 0 atom stereocenters. The summed E-state index contributed by atoms with van der Waals surface area (Å²) in [6, 6.07) is 11.1. The van der Waals surface area contributed by atoms with Crippen molar-refractivity contribution in [3.63, 3.8) is 0 Å². The predicted molar refractivity (Wildman–Crippen MR) is 73.5 cm³/mol. The first-order valence-electron chi connectivity index (χ1n) is 6.14. The Hall–Kier alpha value is -2.42. The van der Waals surface area contributed by atoms with Crippen molar-refractivity contribution >= 4 is 17.3 Å². The molecular weight excluding hydrogens is 238 g/mol. The van der Waals surface area contributed by atoms with Crippen molar-refractivity contribution in [2.75, 3.05) is 5.73 Å². The maximum absolute atomic E-state index is 12.5. The lowest BCUT2D eigenvalue weighted by molar-refractivity contribution is 0.101. The molecule has 0 saturated carbocycles. The summed E-state index contributed by atoms with van der Waals surface area (Å²) in [5.41, 5.74) is 9.82. The second-order valence-corrected chi connectivity index (χ2v) is 4.78. The van der Waals surface area contributed by atoms with Gasteiger partial charge in [0.15, 0.2) is 11.6 Å². The standard InChI is InChI=1S/C16H13NO2/c1-9(18)12-7-6-11-8-10-4-2-3-5-13(10)16(19)14(11)15(12)17/h2-7H,8,17H2,1H3. The van der Waals surface area contributed by atoms with Crippen LogP contribution in [0, 0.1) is 0 Å². The summed E-state index contributed by atoms with van der Waals surface area (Å²) in [5, 5.41) is 0. The van der Waals surface area contributed by atoms with Gasteiger partial charge in [0.2, 0.25) is 0 Å². The van der Waals surface area contributed by atoms with E-state index < -0.39 is 0 Å². The lowest BCUT2D eigenvalue weighted by Crippen LogP contribution is -2.18. The normalized spacial score (nSPS) is 12.8. The van der Waals surface area contributed by atoms with E-state index in [1.807, 2.05) is 24.3 Å². The summed E-state index contributed by atoms with van der Waals surface area (Å²) in [6.45, 7) is 1.46. The fraction of sp³-hybridized carbons (Fsp3) is 0.125. The molecule has 0 heterocycles. The lowest BCUT2D eigenvalue weighted by Gasteiger charge is -2.20. The molecule has 0 bridgehead atoms. The Bertz CT molecular complexity index is 717. The molecule has 0 unspecified atom stereocenters. The van der Waals surface area contributed by atoms with Crippen molar-refractivity contribution in [1.82, 2.24) is 0 Å².